The van der Waals surface area contributed by atoms with Crippen LogP contribution < -0.4 is 4.74 Å². The van der Waals surface area contributed by atoms with E-state index in [4.69, 9.17) is 14.2 Å². The number of methoxy groups -OCH3 is 1. The highest BCUT2D eigenvalue weighted by Crippen LogP contribution is 2.38. The molecule has 0 saturated heterocycles. The van der Waals surface area contributed by atoms with Crippen LogP contribution in [0.15, 0.2) is 16.6 Å². The molecular formula is C15H23BrO3. The normalized spacial score (nSPS) is 11.7. The average Bonchev–Trinajstić information content (AvgIpc) is 2.29. The summed E-state index contributed by atoms with van der Waals surface area (Å²) in [4.78, 5) is 0. The highest BCUT2D eigenvalue weighted by atomic mass is 79.9. The number of benzene rings is 1. The van der Waals surface area contributed by atoms with E-state index in [0.29, 0.717) is 13.2 Å². The maximum atomic E-state index is 5.77. The van der Waals surface area contributed by atoms with Crippen LogP contribution in [0.1, 0.15) is 31.9 Å². The number of hydrogen-bond acceptors (Lipinski definition) is 3. The fraction of sp³-hybridized carbons (Fsp3) is 0.600. The van der Waals surface area contributed by atoms with E-state index in [9.17, 15) is 0 Å². The molecule has 1 rings (SSSR count). The summed E-state index contributed by atoms with van der Waals surface area (Å²) >= 11 is 3.57. The van der Waals surface area contributed by atoms with Crippen molar-refractivity contribution >= 4 is 15.9 Å². The van der Waals surface area contributed by atoms with Crippen molar-refractivity contribution in [1.82, 2.24) is 0 Å². The molecule has 4 heteroatoms. The Morgan fingerprint density at radius 1 is 1.16 bits per heavy atom. The smallest absolute Gasteiger partial charge is 0.189 e. The lowest BCUT2D eigenvalue weighted by Crippen LogP contribution is -2.16. The van der Waals surface area contributed by atoms with E-state index in [2.05, 4.69) is 55.8 Å². The topological polar surface area (TPSA) is 27.7 Å². The second-order valence-electron chi connectivity index (χ2n) is 5.54. The van der Waals surface area contributed by atoms with Gasteiger partial charge in [-0.15, -0.1) is 0 Å². The van der Waals surface area contributed by atoms with Crippen LogP contribution in [0, 0.1) is 6.92 Å². The molecule has 0 radical (unpaired) electrons. The number of hydrogen-bond donors (Lipinski definition) is 0. The Labute approximate surface area is 124 Å². The quantitative estimate of drug-likeness (QED) is 0.581. The van der Waals surface area contributed by atoms with Gasteiger partial charge in [0.25, 0.3) is 0 Å². The zero-order valence-corrected chi connectivity index (χ0v) is 14.0. The van der Waals surface area contributed by atoms with Gasteiger partial charge in [-0.3, -0.25) is 0 Å². The maximum absolute atomic E-state index is 5.77. The zero-order chi connectivity index (χ0) is 14.5. The Hall–Kier alpha value is -0.580. The standard InChI is InChI=1S/C15H23BrO3/c1-11-8-12(15(2,3)4)14(13(16)9-11)19-10-18-7-6-17-5/h8-9H,6-7,10H2,1-5H3. The Morgan fingerprint density at radius 3 is 2.42 bits per heavy atom. The predicted octanol–water partition coefficient (Wildman–Crippen LogP) is 4.05. The van der Waals surface area contributed by atoms with Crippen molar-refractivity contribution in [2.75, 3.05) is 27.1 Å². The third-order valence-corrected chi connectivity index (χ3v) is 3.30. The van der Waals surface area contributed by atoms with Gasteiger partial charge < -0.3 is 14.2 Å². The number of rotatable bonds is 6. The van der Waals surface area contributed by atoms with Gasteiger partial charge in [0.05, 0.1) is 17.7 Å². The van der Waals surface area contributed by atoms with Crippen LogP contribution in [-0.4, -0.2) is 27.1 Å². The number of aryl methyl sites for hydroxylation is 1. The molecule has 0 atom stereocenters. The fourth-order valence-corrected chi connectivity index (χ4v) is 2.42. The molecule has 0 bridgehead atoms. The highest BCUT2D eigenvalue weighted by molar-refractivity contribution is 9.10. The van der Waals surface area contributed by atoms with Crippen molar-refractivity contribution in [2.45, 2.75) is 33.1 Å². The fourth-order valence-electron chi connectivity index (χ4n) is 1.73. The van der Waals surface area contributed by atoms with Crippen LogP contribution in [0.3, 0.4) is 0 Å². The SMILES string of the molecule is COCCOCOc1c(Br)cc(C)cc1C(C)(C)C. The van der Waals surface area contributed by atoms with E-state index in [0.717, 1.165) is 10.2 Å². The van der Waals surface area contributed by atoms with Crippen molar-refractivity contribution in [1.29, 1.82) is 0 Å². The molecule has 0 spiro atoms. The lowest BCUT2D eigenvalue weighted by Gasteiger charge is -2.24. The Morgan fingerprint density at radius 2 is 1.84 bits per heavy atom. The molecule has 0 saturated carbocycles. The van der Waals surface area contributed by atoms with Crippen LogP contribution in [0.4, 0.5) is 0 Å². The summed E-state index contributed by atoms with van der Waals surface area (Å²) in [5, 5.41) is 0. The molecule has 0 amide bonds. The van der Waals surface area contributed by atoms with Gasteiger partial charge in [0.1, 0.15) is 5.75 Å². The van der Waals surface area contributed by atoms with Gasteiger partial charge in [0.2, 0.25) is 0 Å². The minimum atomic E-state index is 0.0242. The molecule has 0 aliphatic heterocycles. The van der Waals surface area contributed by atoms with Crippen LogP contribution in [-0.2, 0) is 14.9 Å². The summed E-state index contributed by atoms with van der Waals surface area (Å²) in [7, 11) is 1.65. The minimum Gasteiger partial charge on any atom is -0.466 e. The summed E-state index contributed by atoms with van der Waals surface area (Å²) in [5.41, 5.74) is 2.41. The lowest BCUT2D eigenvalue weighted by atomic mass is 9.85. The Kier molecular flexibility index (Phi) is 6.30. The first-order valence-electron chi connectivity index (χ1n) is 6.36. The maximum Gasteiger partial charge on any atom is 0.189 e. The minimum absolute atomic E-state index is 0.0242. The molecule has 1 aromatic rings. The molecule has 3 nitrogen and oxygen atoms in total. The molecule has 0 aromatic heterocycles. The second kappa shape index (κ2) is 7.27. The van der Waals surface area contributed by atoms with Gasteiger partial charge in [0, 0.05) is 12.7 Å². The van der Waals surface area contributed by atoms with E-state index in [1.807, 2.05) is 0 Å². The second-order valence-corrected chi connectivity index (χ2v) is 6.39. The van der Waals surface area contributed by atoms with Crippen LogP contribution in [0.25, 0.3) is 0 Å². The third-order valence-electron chi connectivity index (χ3n) is 2.71. The Bertz CT molecular complexity index is 411. The van der Waals surface area contributed by atoms with E-state index in [-0.39, 0.29) is 12.2 Å². The number of halogens is 1. The largest absolute Gasteiger partial charge is 0.466 e. The van der Waals surface area contributed by atoms with Gasteiger partial charge in [-0.2, -0.15) is 0 Å². The zero-order valence-electron chi connectivity index (χ0n) is 12.4. The summed E-state index contributed by atoms with van der Waals surface area (Å²) in [6.45, 7) is 9.94. The van der Waals surface area contributed by atoms with E-state index >= 15 is 0 Å². The van der Waals surface area contributed by atoms with Crippen LogP contribution in [0.2, 0.25) is 0 Å². The van der Waals surface area contributed by atoms with Crippen molar-refractivity contribution in [3.8, 4) is 5.75 Å². The van der Waals surface area contributed by atoms with E-state index in [1.54, 1.807) is 7.11 Å². The predicted molar refractivity (Wildman–Crippen MR) is 80.9 cm³/mol. The molecule has 0 heterocycles. The summed E-state index contributed by atoms with van der Waals surface area (Å²) in [6.07, 6.45) is 0. The lowest BCUT2D eigenvalue weighted by molar-refractivity contribution is -0.00952. The van der Waals surface area contributed by atoms with Crippen molar-refractivity contribution < 1.29 is 14.2 Å². The number of ether oxygens (including phenoxy) is 3. The summed E-state index contributed by atoms with van der Waals surface area (Å²) in [6, 6.07) is 4.22. The van der Waals surface area contributed by atoms with Crippen LogP contribution >= 0.6 is 15.9 Å². The molecule has 0 N–H and O–H groups in total. The van der Waals surface area contributed by atoms with Gasteiger partial charge in [-0.1, -0.05) is 26.8 Å². The first kappa shape index (κ1) is 16.5. The van der Waals surface area contributed by atoms with Gasteiger partial charge in [0.15, 0.2) is 6.79 Å². The van der Waals surface area contributed by atoms with E-state index < -0.39 is 0 Å². The van der Waals surface area contributed by atoms with Crippen molar-refractivity contribution in [2.24, 2.45) is 0 Å². The molecule has 1 aromatic carbocycles. The molecule has 108 valence electrons. The highest BCUT2D eigenvalue weighted by Gasteiger charge is 2.21. The molecule has 0 aliphatic rings. The Balaban J connectivity index is 2.81. The third kappa shape index (κ3) is 5.13. The summed E-state index contributed by atoms with van der Waals surface area (Å²) < 4.78 is 17.0. The van der Waals surface area contributed by atoms with Gasteiger partial charge >= 0.3 is 0 Å². The van der Waals surface area contributed by atoms with Gasteiger partial charge in [-0.05, 0) is 39.9 Å². The molecule has 0 fully saturated rings. The molecular weight excluding hydrogens is 308 g/mol. The first-order chi connectivity index (χ1) is 8.86. The molecule has 0 aliphatic carbocycles. The van der Waals surface area contributed by atoms with Crippen LogP contribution in [0.5, 0.6) is 5.75 Å². The monoisotopic (exact) mass is 330 g/mol. The van der Waals surface area contributed by atoms with Crippen molar-refractivity contribution in [3.63, 3.8) is 0 Å². The van der Waals surface area contributed by atoms with Gasteiger partial charge in [-0.25, -0.2) is 0 Å². The molecule has 19 heavy (non-hydrogen) atoms. The van der Waals surface area contributed by atoms with Crippen molar-refractivity contribution in [3.05, 3.63) is 27.7 Å². The summed E-state index contributed by atoms with van der Waals surface area (Å²) in [5.74, 6) is 0.857. The first-order valence-corrected chi connectivity index (χ1v) is 7.15. The van der Waals surface area contributed by atoms with E-state index in [1.165, 1.54) is 11.1 Å². The molecule has 0 unspecified atom stereocenters. The average molecular weight is 331 g/mol.